The standard InChI is InChI=1S/C15H26N2S/c1-5-13-9-16-15(18-13)12(4)17-14-8-6-7-10(2)11(14)3/h9-12,14,17H,5-8H2,1-4H3. The van der Waals surface area contributed by atoms with Crippen molar-refractivity contribution in [3.63, 3.8) is 0 Å². The summed E-state index contributed by atoms with van der Waals surface area (Å²) in [6.07, 6.45) is 7.22. The van der Waals surface area contributed by atoms with Crippen molar-refractivity contribution in [3.05, 3.63) is 16.1 Å². The highest BCUT2D eigenvalue weighted by molar-refractivity contribution is 7.11. The van der Waals surface area contributed by atoms with Crippen molar-refractivity contribution in [1.29, 1.82) is 0 Å². The fourth-order valence-electron chi connectivity index (χ4n) is 2.90. The van der Waals surface area contributed by atoms with Crippen molar-refractivity contribution in [2.45, 2.75) is 65.5 Å². The fourth-order valence-corrected chi connectivity index (χ4v) is 3.76. The van der Waals surface area contributed by atoms with Gasteiger partial charge >= 0.3 is 0 Å². The summed E-state index contributed by atoms with van der Waals surface area (Å²) in [5.74, 6) is 1.64. The molecule has 0 aromatic carbocycles. The highest BCUT2D eigenvalue weighted by atomic mass is 32.1. The number of nitrogens with zero attached hydrogens (tertiary/aromatic N) is 1. The Labute approximate surface area is 115 Å². The average Bonchev–Trinajstić information content (AvgIpc) is 2.83. The van der Waals surface area contributed by atoms with E-state index in [0.717, 1.165) is 18.3 Å². The minimum Gasteiger partial charge on any atom is -0.305 e. The van der Waals surface area contributed by atoms with Gasteiger partial charge in [0, 0.05) is 17.1 Å². The SMILES string of the molecule is CCc1cnc(C(C)NC2CCCC(C)C2C)s1. The van der Waals surface area contributed by atoms with Gasteiger partial charge < -0.3 is 5.32 Å². The summed E-state index contributed by atoms with van der Waals surface area (Å²) in [5, 5.41) is 5.05. The highest BCUT2D eigenvalue weighted by Crippen LogP contribution is 2.31. The van der Waals surface area contributed by atoms with Crippen LogP contribution in [0.1, 0.15) is 62.9 Å². The second kappa shape index (κ2) is 6.16. The second-order valence-electron chi connectivity index (χ2n) is 5.78. The fraction of sp³-hybridized carbons (Fsp3) is 0.800. The Hall–Kier alpha value is -0.410. The molecule has 3 heteroatoms. The van der Waals surface area contributed by atoms with Crippen molar-refractivity contribution in [2.75, 3.05) is 0 Å². The van der Waals surface area contributed by atoms with E-state index in [1.54, 1.807) is 0 Å². The third kappa shape index (κ3) is 3.12. The van der Waals surface area contributed by atoms with Gasteiger partial charge in [-0.25, -0.2) is 4.98 Å². The molecule has 102 valence electrons. The highest BCUT2D eigenvalue weighted by Gasteiger charge is 2.28. The first-order valence-electron chi connectivity index (χ1n) is 7.32. The second-order valence-corrected chi connectivity index (χ2v) is 6.93. The van der Waals surface area contributed by atoms with E-state index in [1.165, 1.54) is 29.1 Å². The molecular weight excluding hydrogens is 240 g/mol. The van der Waals surface area contributed by atoms with Crippen molar-refractivity contribution in [2.24, 2.45) is 11.8 Å². The largest absolute Gasteiger partial charge is 0.305 e. The Morgan fingerprint density at radius 1 is 1.44 bits per heavy atom. The van der Waals surface area contributed by atoms with E-state index in [4.69, 9.17) is 0 Å². The van der Waals surface area contributed by atoms with Gasteiger partial charge in [-0.05, 0) is 31.6 Å². The molecule has 0 saturated heterocycles. The van der Waals surface area contributed by atoms with E-state index in [2.05, 4.69) is 38.0 Å². The molecule has 4 atom stereocenters. The lowest BCUT2D eigenvalue weighted by Gasteiger charge is -2.36. The first kappa shape index (κ1) is 14.0. The van der Waals surface area contributed by atoms with Crippen molar-refractivity contribution >= 4 is 11.3 Å². The van der Waals surface area contributed by atoms with Crippen LogP contribution < -0.4 is 5.32 Å². The summed E-state index contributed by atoms with van der Waals surface area (Å²) >= 11 is 1.86. The van der Waals surface area contributed by atoms with Gasteiger partial charge in [-0.2, -0.15) is 0 Å². The zero-order valence-electron chi connectivity index (χ0n) is 12.1. The summed E-state index contributed by atoms with van der Waals surface area (Å²) < 4.78 is 0. The maximum atomic E-state index is 4.55. The smallest absolute Gasteiger partial charge is 0.109 e. The summed E-state index contributed by atoms with van der Waals surface area (Å²) in [5.41, 5.74) is 0. The summed E-state index contributed by atoms with van der Waals surface area (Å²) in [6, 6.07) is 1.06. The van der Waals surface area contributed by atoms with E-state index < -0.39 is 0 Å². The molecule has 2 rings (SSSR count). The molecule has 2 nitrogen and oxygen atoms in total. The molecule has 1 aliphatic rings. The zero-order chi connectivity index (χ0) is 13.1. The van der Waals surface area contributed by atoms with Crippen molar-refractivity contribution in [3.8, 4) is 0 Å². The number of thiazole rings is 1. The molecule has 1 heterocycles. The molecule has 1 aliphatic carbocycles. The summed E-state index contributed by atoms with van der Waals surface area (Å²) in [6.45, 7) is 9.24. The molecule has 0 aliphatic heterocycles. The van der Waals surface area contributed by atoms with Crippen LogP contribution in [0.3, 0.4) is 0 Å². The number of hydrogen-bond acceptors (Lipinski definition) is 3. The third-order valence-electron chi connectivity index (χ3n) is 4.46. The number of aromatic nitrogens is 1. The summed E-state index contributed by atoms with van der Waals surface area (Å²) in [7, 11) is 0. The Kier molecular flexibility index (Phi) is 4.79. The van der Waals surface area contributed by atoms with E-state index in [1.807, 2.05) is 17.5 Å². The number of nitrogens with one attached hydrogen (secondary N) is 1. The van der Waals surface area contributed by atoms with Crippen LogP contribution in [0.25, 0.3) is 0 Å². The lowest BCUT2D eigenvalue weighted by Crippen LogP contribution is -2.41. The van der Waals surface area contributed by atoms with Gasteiger partial charge in [0.25, 0.3) is 0 Å². The molecule has 1 fully saturated rings. The molecule has 0 spiro atoms. The predicted molar refractivity (Wildman–Crippen MR) is 79.0 cm³/mol. The molecule has 18 heavy (non-hydrogen) atoms. The zero-order valence-corrected chi connectivity index (χ0v) is 12.9. The van der Waals surface area contributed by atoms with E-state index >= 15 is 0 Å². The predicted octanol–water partition coefficient (Wildman–Crippen LogP) is 4.18. The van der Waals surface area contributed by atoms with Gasteiger partial charge in [0.1, 0.15) is 5.01 Å². The van der Waals surface area contributed by atoms with Gasteiger partial charge in [-0.15, -0.1) is 11.3 Å². The average molecular weight is 266 g/mol. The first-order valence-corrected chi connectivity index (χ1v) is 8.14. The molecule has 4 unspecified atom stereocenters. The Morgan fingerprint density at radius 3 is 2.89 bits per heavy atom. The maximum absolute atomic E-state index is 4.55. The van der Waals surface area contributed by atoms with Gasteiger partial charge in [0.15, 0.2) is 0 Å². The molecule has 1 saturated carbocycles. The number of hydrogen-bond donors (Lipinski definition) is 1. The first-order chi connectivity index (χ1) is 8.61. The van der Waals surface area contributed by atoms with Crippen LogP contribution in [-0.4, -0.2) is 11.0 Å². The summed E-state index contributed by atoms with van der Waals surface area (Å²) in [4.78, 5) is 5.94. The quantitative estimate of drug-likeness (QED) is 0.884. The van der Waals surface area contributed by atoms with Gasteiger partial charge in [-0.1, -0.05) is 33.6 Å². The Bertz CT molecular complexity index is 374. The van der Waals surface area contributed by atoms with Crippen LogP contribution in [0.4, 0.5) is 0 Å². The molecule has 0 radical (unpaired) electrons. The van der Waals surface area contributed by atoms with Crippen LogP contribution in [0.5, 0.6) is 0 Å². The molecular formula is C15H26N2S. The van der Waals surface area contributed by atoms with Crippen molar-refractivity contribution in [1.82, 2.24) is 10.3 Å². The van der Waals surface area contributed by atoms with Gasteiger partial charge in [-0.3, -0.25) is 0 Å². The molecule has 1 aromatic rings. The molecule has 1 N–H and O–H groups in total. The van der Waals surface area contributed by atoms with Crippen LogP contribution in [0.15, 0.2) is 6.20 Å². The molecule has 0 bridgehead atoms. The minimum atomic E-state index is 0.396. The van der Waals surface area contributed by atoms with E-state index in [-0.39, 0.29) is 0 Å². The third-order valence-corrected chi connectivity index (χ3v) is 5.79. The van der Waals surface area contributed by atoms with Crippen LogP contribution >= 0.6 is 11.3 Å². The Balaban J connectivity index is 1.95. The molecule has 0 amide bonds. The minimum absolute atomic E-state index is 0.396. The van der Waals surface area contributed by atoms with Crippen molar-refractivity contribution < 1.29 is 0 Å². The topological polar surface area (TPSA) is 24.9 Å². The van der Waals surface area contributed by atoms with Crippen LogP contribution in [0, 0.1) is 11.8 Å². The molecule has 1 aromatic heterocycles. The van der Waals surface area contributed by atoms with E-state index in [0.29, 0.717) is 12.1 Å². The van der Waals surface area contributed by atoms with Gasteiger partial charge in [0.05, 0.1) is 6.04 Å². The van der Waals surface area contributed by atoms with Crippen LogP contribution in [-0.2, 0) is 6.42 Å². The Morgan fingerprint density at radius 2 is 2.22 bits per heavy atom. The van der Waals surface area contributed by atoms with E-state index in [9.17, 15) is 0 Å². The number of aryl methyl sites for hydroxylation is 1. The monoisotopic (exact) mass is 266 g/mol. The van der Waals surface area contributed by atoms with Gasteiger partial charge in [0.2, 0.25) is 0 Å². The number of rotatable bonds is 4. The lowest BCUT2D eigenvalue weighted by molar-refractivity contribution is 0.196. The van der Waals surface area contributed by atoms with Crippen LogP contribution in [0.2, 0.25) is 0 Å². The lowest BCUT2D eigenvalue weighted by atomic mass is 9.78. The maximum Gasteiger partial charge on any atom is 0.109 e. The normalized spacial score (nSPS) is 30.3.